The van der Waals surface area contributed by atoms with E-state index >= 15 is 0 Å². The highest BCUT2D eigenvalue weighted by Gasteiger charge is 2.30. The summed E-state index contributed by atoms with van der Waals surface area (Å²) in [5.74, 6) is 3.00. The van der Waals surface area contributed by atoms with E-state index in [2.05, 4.69) is 23.9 Å². The van der Waals surface area contributed by atoms with Crippen LogP contribution in [0.5, 0.6) is 5.75 Å². The highest BCUT2D eigenvalue weighted by molar-refractivity contribution is 5.92. The highest BCUT2D eigenvalue weighted by Crippen LogP contribution is 2.28. The van der Waals surface area contributed by atoms with Gasteiger partial charge in [-0.1, -0.05) is 26.0 Å². The van der Waals surface area contributed by atoms with Crippen molar-refractivity contribution in [3.63, 3.8) is 0 Å². The van der Waals surface area contributed by atoms with Gasteiger partial charge in [0.1, 0.15) is 17.2 Å². The van der Waals surface area contributed by atoms with Crippen LogP contribution in [0.25, 0.3) is 0 Å². The minimum atomic E-state index is 0.0304. The molecule has 3 heterocycles. The summed E-state index contributed by atoms with van der Waals surface area (Å²) in [4.78, 5) is 19.7. The highest BCUT2D eigenvalue weighted by atomic mass is 16.5. The Balaban J connectivity index is 1.43. The fourth-order valence-electron chi connectivity index (χ4n) is 4.35. The van der Waals surface area contributed by atoms with Gasteiger partial charge in [0.25, 0.3) is 5.91 Å². The molecule has 0 N–H and O–H groups in total. The van der Waals surface area contributed by atoms with E-state index < -0.39 is 0 Å². The molecule has 3 aromatic rings. The lowest BCUT2D eigenvalue weighted by Crippen LogP contribution is -2.40. The molecular formula is C25H32N4O3. The van der Waals surface area contributed by atoms with Gasteiger partial charge in [-0.2, -0.15) is 5.10 Å². The van der Waals surface area contributed by atoms with Crippen molar-refractivity contribution in [2.45, 2.75) is 45.4 Å². The summed E-state index contributed by atoms with van der Waals surface area (Å²) >= 11 is 0. The van der Waals surface area contributed by atoms with Crippen LogP contribution in [-0.2, 0) is 19.9 Å². The molecule has 4 rings (SSSR count). The Kier molecular flexibility index (Phi) is 6.63. The van der Waals surface area contributed by atoms with E-state index in [1.807, 2.05) is 42.3 Å². The molecule has 1 fully saturated rings. The van der Waals surface area contributed by atoms with E-state index in [1.54, 1.807) is 18.0 Å². The number of nitrogens with zero attached hydrogens (tertiary/aromatic N) is 4. The van der Waals surface area contributed by atoms with Gasteiger partial charge in [0.15, 0.2) is 5.89 Å². The first-order valence-electron chi connectivity index (χ1n) is 11.3. The van der Waals surface area contributed by atoms with Gasteiger partial charge in [-0.15, -0.1) is 0 Å². The number of aromatic nitrogens is 3. The minimum absolute atomic E-state index is 0.0304. The number of benzene rings is 1. The van der Waals surface area contributed by atoms with Gasteiger partial charge in [0, 0.05) is 26.6 Å². The van der Waals surface area contributed by atoms with Crippen LogP contribution in [0.15, 0.2) is 40.9 Å². The van der Waals surface area contributed by atoms with Gasteiger partial charge in [0.05, 0.1) is 24.9 Å². The van der Waals surface area contributed by atoms with Gasteiger partial charge in [-0.05, 0) is 48.9 Å². The Morgan fingerprint density at radius 2 is 2.16 bits per heavy atom. The van der Waals surface area contributed by atoms with Gasteiger partial charge >= 0.3 is 0 Å². The van der Waals surface area contributed by atoms with Crippen LogP contribution in [0.1, 0.15) is 66.0 Å². The second-order valence-electron chi connectivity index (χ2n) is 9.03. The molecule has 0 bridgehead atoms. The molecule has 1 aliphatic rings. The van der Waals surface area contributed by atoms with Crippen molar-refractivity contribution in [1.29, 1.82) is 0 Å². The molecule has 0 saturated carbocycles. The molecule has 7 nitrogen and oxygen atoms in total. The minimum Gasteiger partial charge on any atom is -0.497 e. The smallest absolute Gasteiger partial charge is 0.272 e. The zero-order valence-electron chi connectivity index (χ0n) is 19.4. The fraction of sp³-hybridized carbons (Fsp3) is 0.480. The quantitative estimate of drug-likeness (QED) is 0.554. The van der Waals surface area contributed by atoms with Gasteiger partial charge in [-0.25, -0.2) is 4.98 Å². The second-order valence-corrected chi connectivity index (χ2v) is 9.03. The molecule has 7 heteroatoms. The number of carbonyl (C=O) groups is 1. The van der Waals surface area contributed by atoms with Crippen LogP contribution >= 0.6 is 0 Å². The summed E-state index contributed by atoms with van der Waals surface area (Å²) in [6.07, 6.45) is 5.23. The molecule has 170 valence electrons. The zero-order chi connectivity index (χ0) is 22.7. The summed E-state index contributed by atoms with van der Waals surface area (Å²) in [6, 6.07) is 9.89. The summed E-state index contributed by atoms with van der Waals surface area (Å²) in [6.45, 7) is 5.68. The van der Waals surface area contributed by atoms with Crippen molar-refractivity contribution in [2.24, 2.45) is 13.0 Å². The van der Waals surface area contributed by atoms with Gasteiger partial charge in [-0.3, -0.25) is 9.48 Å². The lowest BCUT2D eigenvalue weighted by atomic mass is 9.97. The van der Waals surface area contributed by atoms with Crippen molar-refractivity contribution in [1.82, 2.24) is 19.7 Å². The summed E-state index contributed by atoms with van der Waals surface area (Å²) in [5.41, 5.74) is 2.72. The van der Waals surface area contributed by atoms with E-state index in [0.29, 0.717) is 30.5 Å². The number of hydrogen-bond donors (Lipinski definition) is 0. The van der Waals surface area contributed by atoms with Gasteiger partial charge < -0.3 is 14.1 Å². The van der Waals surface area contributed by atoms with Crippen molar-refractivity contribution in [3.05, 3.63) is 65.1 Å². The summed E-state index contributed by atoms with van der Waals surface area (Å²) in [7, 11) is 3.51. The third-order valence-corrected chi connectivity index (χ3v) is 5.91. The number of hydrogen-bond acceptors (Lipinski definition) is 5. The van der Waals surface area contributed by atoms with Crippen molar-refractivity contribution >= 4 is 5.91 Å². The molecule has 2 aromatic heterocycles. The summed E-state index contributed by atoms with van der Waals surface area (Å²) in [5, 5.41) is 4.53. The van der Waals surface area contributed by atoms with Crippen molar-refractivity contribution in [2.75, 3.05) is 20.2 Å². The predicted octanol–water partition coefficient (Wildman–Crippen LogP) is 4.23. The number of methoxy groups -OCH3 is 1. The largest absolute Gasteiger partial charge is 0.497 e. The lowest BCUT2D eigenvalue weighted by molar-refractivity contribution is 0.0686. The third-order valence-electron chi connectivity index (χ3n) is 5.91. The van der Waals surface area contributed by atoms with E-state index in [4.69, 9.17) is 9.15 Å². The normalized spacial score (nSPS) is 16.5. The Morgan fingerprint density at radius 3 is 2.94 bits per heavy atom. The first-order valence-corrected chi connectivity index (χ1v) is 11.3. The van der Waals surface area contributed by atoms with Crippen LogP contribution in [0, 0.1) is 5.92 Å². The van der Waals surface area contributed by atoms with Crippen LogP contribution in [-0.4, -0.2) is 45.8 Å². The number of carbonyl (C=O) groups excluding carboxylic acids is 1. The monoisotopic (exact) mass is 436 g/mol. The molecule has 0 unspecified atom stereocenters. The maximum atomic E-state index is 13.2. The molecule has 32 heavy (non-hydrogen) atoms. The van der Waals surface area contributed by atoms with E-state index in [-0.39, 0.29) is 11.8 Å². The SMILES string of the molecule is COc1cccc(Cc2cnc([C@@H]3CCCN(C(=O)c4cc(CC(C)C)nn4C)C3)o2)c1. The van der Waals surface area contributed by atoms with E-state index in [1.165, 1.54) is 0 Å². The van der Waals surface area contributed by atoms with E-state index in [0.717, 1.165) is 48.6 Å². The fourth-order valence-corrected chi connectivity index (χ4v) is 4.35. The number of amides is 1. The molecule has 1 saturated heterocycles. The Hall–Kier alpha value is -3.09. The maximum absolute atomic E-state index is 13.2. The second kappa shape index (κ2) is 9.59. The maximum Gasteiger partial charge on any atom is 0.272 e. The molecule has 0 spiro atoms. The van der Waals surface area contributed by atoms with Crippen LogP contribution < -0.4 is 4.74 Å². The number of rotatable bonds is 7. The third kappa shape index (κ3) is 5.03. The van der Waals surface area contributed by atoms with Crippen LogP contribution in [0.2, 0.25) is 0 Å². The lowest BCUT2D eigenvalue weighted by Gasteiger charge is -2.31. The van der Waals surface area contributed by atoms with Crippen molar-refractivity contribution in [3.8, 4) is 5.75 Å². The van der Waals surface area contributed by atoms with Gasteiger partial charge in [0.2, 0.25) is 0 Å². The molecule has 0 aliphatic carbocycles. The zero-order valence-corrected chi connectivity index (χ0v) is 19.4. The van der Waals surface area contributed by atoms with Crippen LogP contribution in [0.4, 0.5) is 0 Å². The number of likely N-dealkylation sites (tertiary alicyclic amines) is 1. The summed E-state index contributed by atoms with van der Waals surface area (Å²) < 4.78 is 13.1. The first kappa shape index (κ1) is 22.1. The predicted molar refractivity (Wildman–Crippen MR) is 122 cm³/mol. The van der Waals surface area contributed by atoms with Crippen LogP contribution in [0.3, 0.4) is 0 Å². The van der Waals surface area contributed by atoms with Crippen molar-refractivity contribution < 1.29 is 13.9 Å². The molecule has 1 amide bonds. The Labute approximate surface area is 189 Å². The Morgan fingerprint density at radius 1 is 1.31 bits per heavy atom. The topological polar surface area (TPSA) is 73.4 Å². The number of ether oxygens (including phenoxy) is 1. The molecule has 1 aromatic carbocycles. The Bertz CT molecular complexity index is 1070. The standard InChI is InChI=1S/C25H32N4O3/c1-17(2)11-20-14-23(28(3)27-20)25(30)29-10-6-8-19(16-29)24-26-15-22(32-24)13-18-7-5-9-21(12-18)31-4/h5,7,9,12,14-15,17,19H,6,8,10-11,13,16H2,1-4H3/t19-/m1/s1. The number of oxazole rings is 1. The average molecular weight is 437 g/mol. The molecule has 1 aliphatic heterocycles. The number of piperidine rings is 1. The average Bonchev–Trinajstić information content (AvgIpc) is 3.39. The number of aryl methyl sites for hydroxylation is 1. The first-order chi connectivity index (χ1) is 15.4. The molecular weight excluding hydrogens is 404 g/mol. The molecule has 0 radical (unpaired) electrons. The van der Waals surface area contributed by atoms with E-state index in [9.17, 15) is 4.79 Å². The molecule has 1 atom stereocenters.